The lowest BCUT2D eigenvalue weighted by molar-refractivity contribution is 0.477. The number of hydrogen-bond acceptors (Lipinski definition) is 7. The number of para-hydroxylation sites is 7. The summed E-state index contributed by atoms with van der Waals surface area (Å²) < 4.78 is 13.9. The van der Waals surface area contributed by atoms with Crippen LogP contribution in [0, 0.1) is 11.3 Å². The molecule has 0 saturated carbocycles. The molecule has 5 heterocycles. The average Bonchev–Trinajstić information content (AvgIpc) is 1.55. The van der Waals surface area contributed by atoms with E-state index in [4.69, 9.17) is 19.7 Å². The molecule has 86 heavy (non-hydrogen) atoms. The van der Waals surface area contributed by atoms with E-state index in [0.717, 1.165) is 138 Å². The van der Waals surface area contributed by atoms with E-state index in [1.165, 1.54) is 0 Å². The molecule has 402 valence electrons. The first-order valence-electron chi connectivity index (χ1n) is 28.6. The lowest BCUT2D eigenvalue weighted by Gasteiger charge is -2.32. The smallest absolute Gasteiger partial charge is 0.164 e. The Labute approximate surface area is 498 Å². The number of aromatic nitrogens is 6. The Hall–Kier alpha value is -11.5. The summed E-state index contributed by atoms with van der Waals surface area (Å²) in [5.74, 6) is 3.45. The molecule has 1 aliphatic rings. The van der Waals surface area contributed by atoms with E-state index in [1.54, 1.807) is 11.8 Å². The molecule has 0 radical (unpaired) electrons. The zero-order valence-corrected chi connectivity index (χ0v) is 46.8. The summed E-state index contributed by atoms with van der Waals surface area (Å²) in [4.78, 5) is 19.7. The molecule has 4 aromatic heterocycles. The molecule has 0 amide bonds. The van der Waals surface area contributed by atoms with Gasteiger partial charge in [-0.25, -0.2) is 15.0 Å². The number of ether oxygens (including phenoxy) is 1. The first kappa shape index (κ1) is 49.1. The molecule has 0 atom stereocenters. The largest absolute Gasteiger partial charge is 0.453 e. The van der Waals surface area contributed by atoms with E-state index in [1.807, 2.05) is 109 Å². The molecular weight excluding hydrogens is 1070 g/mol. The van der Waals surface area contributed by atoms with Gasteiger partial charge in [0.05, 0.1) is 56.1 Å². The number of rotatable bonds is 9. The van der Waals surface area contributed by atoms with Gasteiger partial charge >= 0.3 is 0 Å². The number of fused-ring (bicyclic) bond motifs is 14. The fourth-order valence-electron chi connectivity index (χ4n) is 12.8. The Kier molecular flexibility index (Phi) is 11.3. The summed E-state index contributed by atoms with van der Waals surface area (Å²) in [6, 6.07) is 100.0. The van der Waals surface area contributed by atoms with E-state index in [2.05, 4.69) is 195 Å². The second kappa shape index (κ2) is 19.8. The van der Waals surface area contributed by atoms with Crippen LogP contribution in [0.5, 0.6) is 11.5 Å². The van der Waals surface area contributed by atoms with E-state index in [0.29, 0.717) is 23.0 Å². The van der Waals surface area contributed by atoms with Crippen molar-refractivity contribution < 1.29 is 4.74 Å². The van der Waals surface area contributed by atoms with Crippen molar-refractivity contribution in [1.82, 2.24) is 28.7 Å². The number of nitriles is 1. The number of benzene rings is 12. The lowest BCUT2D eigenvalue weighted by Crippen LogP contribution is -2.15. The third kappa shape index (κ3) is 7.83. The van der Waals surface area contributed by atoms with Crippen molar-refractivity contribution in [2.75, 3.05) is 4.90 Å². The maximum absolute atomic E-state index is 9.50. The maximum Gasteiger partial charge on any atom is 0.164 e. The molecule has 0 bridgehead atoms. The Morgan fingerprint density at radius 2 is 0.663 bits per heavy atom. The van der Waals surface area contributed by atoms with Crippen LogP contribution in [0.25, 0.3) is 117 Å². The van der Waals surface area contributed by atoms with E-state index >= 15 is 0 Å². The molecule has 10 heteroatoms. The number of hydrogen-bond donors (Lipinski definition) is 0. The van der Waals surface area contributed by atoms with Crippen molar-refractivity contribution in [3.8, 4) is 68.8 Å². The Balaban J connectivity index is 0.930. The highest BCUT2D eigenvalue weighted by molar-refractivity contribution is 7.99. The van der Waals surface area contributed by atoms with Gasteiger partial charge in [0.1, 0.15) is 0 Å². The molecular formula is C76H46N8OS. The average molecular weight is 1120 g/mol. The predicted octanol–water partition coefficient (Wildman–Crippen LogP) is 19.8. The summed E-state index contributed by atoms with van der Waals surface area (Å²) in [5.41, 5.74) is 16.0. The lowest BCUT2D eigenvalue weighted by atomic mass is 10.0. The van der Waals surface area contributed by atoms with Gasteiger partial charge in [-0.2, -0.15) is 5.26 Å². The molecule has 0 saturated heterocycles. The van der Waals surface area contributed by atoms with Gasteiger partial charge in [0, 0.05) is 81.5 Å². The van der Waals surface area contributed by atoms with Crippen LogP contribution in [-0.4, -0.2) is 28.7 Å². The quantitative estimate of drug-likeness (QED) is 0.142. The minimum absolute atomic E-state index is 0.595. The van der Waals surface area contributed by atoms with Crippen molar-refractivity contribution in [1.29, 1.82) is 5.26 Å². The molecule has 0 spiro atoms. The first-order chi connectivity index (χ1) is 42.6. The molecule has 12 aromatic carbocycles. The zero-order valence-electron chi connectivity index (χ0n) is 46.0. The summed E-state index contributed by atoms with van der Waals surface area (Å²) in [5, 5.41) is 16.4. The maximum atomic E-state index is 9.50. The van der Waals surface area contributed by atoms with Gasteiger partial charge in [0.2, 0.25) is 0 Å². The van der Waals surface area contributed by atoms with Gasteiger partial charge in [-0.3, -0.25) is 0 Å². The van der Waals surface area contributed by atoms with Gasteiger partial charge in [0.25, 0.3) is 0 Å². The number of anilines is 3. The highest BCUT2D eigenvalue weighted by Gasteiger charge is 2.30. The van der Waals surface area contributed by atoms with Crippen LogP contribution >= 0.6 is 11.8 Å². The van der Waals surface area contributed by atoms with Gasteiger partial charge in [0.15, 0.2) is 29.0 Å². The first-order valence-corrected chi connectivity index (χ1v) is 29.4. The monoisotopic (exact) mass is 1120 g/mol. The second-order valence-corrected chi connectivity index (χ2v) is 22.6. The fourth-order valence-corrected chi connectivity index (χ4v) is 13.6. The predicted molar refractivity (Wildman–Crippen MR) is 349 cm³/mol. The van der Waals surface area contributed by atoms with Crippen LogP contribution in [0.4, 0.5) is 17.1 Å². The van der Waals surface area contributed by atoms with Crippen molar-refractivity contribution >= 4 is 94.2 Å². The summed E-state index contributed by atoms with van der Waals surface area (Å²) in [6.07, 6.45) is 0. The molecule has 0 aliphatic carbocycles. The molecule has 17 rings (SSSR count). The van der Waals surface area contributed by atoms with E-state index in [-0.39, 0.29) is 0 Å². The molecule has 0 unspecified atom stereocenters. The normalized spacial score (nSPS) is 12.1. The third-order valence-electron chi connectivity index (χ3n) is 16.5. The molecule has 1 aliphatic heterocycles. The van der Waals surface area contributed by atoms with E-state index < -0.39 is 0 Å². The minimum atomic E-state index is 0.595. The Bertz CT molecular complexity index is 5290. The van der Waals surface area contributed by atoms with Crippen molar-refractivity contribution in [3.05, 3.63) is 285 Å². The minimum Gasteiger partial charge on any atom is -0.453 e. The topological polar surface area (TPSA) is 89.7 Å². The van der Waals surface area contributed by atoms with Crippen LogP contribution < -0.4 is 9.64 Å². The van der Waals surface area contributed by atoms with Crippen LogP contribution in [0.1, 0.15) is 5.56 Å². The van der Waals surface area contributed by atoms with Crippen LogP contribution in [0.3, 0.4) is 0 Å². The van der Waals surface area contributed by atoms with Gasteiger partial charge in [-0.05, 0) is 140 Å². The van der Waals surface area contributed by atoms with Gasteiger partial charge < -0.3 is 23.3 Å². The van der Waals surface area contributed by atoms with Crippen molar-refractivity contribution in [2.24, 2.45) is 0 Å². The molecule has 16 aromatic rings. The standard InChI is InChI=1S/C76H46N8OS/c77-47-48-31-43-56(44-32-48)86-57-45-41-55(42-46-57)84-63-26-12-9-23-60(63)70-72-68(59-22-8-11-25-62(59)83(72)54-39-37-52(38-40-54)81-64-27-13-15-29-66(64)85-67-30-16-14-28-65(67)81)71-69(73(70)84)58-21-7-10-24-61(58)82(71)53-35-33-51(34-36-53)76-79-74(49-17-3-1-4-18-49)78-75(80-76)50-19-5-2-6-20-50/h1-46H. The molecule has 0 fully saturated rings. The SMILES string of the molecule is N#Cc1ccc(Sc2ccc(-n3c4ccccc4c4c3c3c5ccccc5n(-c5ccc(-c6nc(-c7ccccc7)nc(-c7ccccc7)n6)cc5)c3c3c5ccccc5n(-c5ccc(N6c7ccccc7Oc7ccccc76)cc5)c43)cc2)cc1. The second-order valence-electron chi connectivity index (χ2n) is 21.4. The molecule has 9 nitrogen and oxygen atoms in total. The molecule has 0 N–H and O–H groups in total. The van der Waals surface area contributed by atoms with Crippen LogP contribution in [-0.2, 0) is 0 Å². The highest BCUT2D eigenvalue weighted by Crippen LogP contribution is 2.53. The van der Waals surface area contributed by atoms with E-state index in [9.17, 15) is 5.26 Å². The fraction of sp³-hybridized carbons (Fsp3) is 0. The highest BCUT2D eigenvalue weighted by atomic mass is 32.2. The van der Waals surface area contributed by atoms with Crippen molar-refractivity contribution in [2.45, 2.75) is 9.79 Å². The van der Waals surface area contributed by atoms with Crippen molar-refractivity contribution in [3.63, 3.8) is 0 Å². The van der Waals surface area contributed by atoms with Crippen LogP contribution in [0.2, 0.25) is 0 Å². The zero-order chi connectivity index (χ0) is 56.8. The summed E-state index contributed by atoms with van der Waals surface area (Å²) in [6.45, 7) is 0. The van der Waals surface area contributed by atoms with Gasteiger partial charge in [-0.1, -0.05) is 151 Å². The van der Waals surface area contributed by atoms with Gasteiger partial charge in [-0.15, -0.1) is 0 Å². The Morgan fingerprint density at radius 3 is 1.09 bits per heavy atom. The number of nitrogens with zero attached hydrogens (tertiary/aromatic N) is 8. The summed E-state index contributed by atoms with van der Waals surface area (Å²) in [7, 11) is 0. The summed E-state index contributed by atoms with van der Waals surface area (Å²) >= 11 is 1.69. The Morgan fingerprint density at radius 1 is 0.326 bits per heavy atom. The van der Waals surface area contributed by atoms with Crippen LogP contribution in [0.15, 0.2) is 289 Å². The third-order valence-corrected chi connectivity index (χ3v) is 17.5.